The summed E-state index contributed by atoms with van der Waals surface area (Å²) < 4.78 is 6.39. The van der Waals surface area contributed by atoms with E-state index < -0.39 is 0 Å². The first-order valence-corrected chi connectivity index (χ1v) is 9.47. The van der Waals surface area contributed by atoms with Crippen molar-refractivity contribution in [3.8, 4) is 5.75 Å². The zero-order chi connectivity index (χ0) is 16.6. The number of ether oxygens (including phenoxy) is 1. The Balaban J connectivity index is 0.00000182. The summed E-state index contributed by atoms with van der Waals surface area (Å²) in [5.41, 5.74) is 1.08. The van der Waals surface area contributed by atoms with Crippen LogP contribution in [0.2, 0.25) is 0 Å². The molecule has 4 rings (SSSR count). The standard InChI is InChI=1S/C20H28N2O2.ClH/c1-14-12-15(8-11-21-14)19(23)22-17-13-20(9-4-5-10-20)24-18-7-3-2-6-16(17)18;/h2-3,6-7,14-15,17,21H,4-5,8-13H2,1H3,(H,22,23);1H/t14-,15-,17?;/m0./s1. The zero-order valence-corrected chi connectivity index (χ0v) is 15.7. The minimum absolute atomic E-state index is 0. The third-order valence-electron chi connectivity index (χ3n) is 6.02. The molecule has 25 heavy (non-hydrogen) atoms. The summed E-state index contributed by atoms with van der Waals surface area (Å²) in [6.45, 7) is 3.10. The lowest BCUT2D eigenvalue weighted by Crippen LogP contribution is -2.47. The van der Waals surface area contributed by atoms with Gasteiger partial charge in [0, 0.05) is 23.9 Å². The van der Waals surface area contributed by atoms with Gasteiger partial charge in [-0.2, -0.15) is 0 Å². The number of halogens is 1. The molecule has 1 saturated carbocycles. The second-order valence-corrected chi connectivity index (χ2v) is 7.87. The minimum atomic E-state index is -0.0618. The first-order chi connectivity index (χ1) is 11.7. The van der Waals surface area contributed by atoms with Crippen LogP contribution < -0.4 is 15.4 Å². The largest absolute Gasteiger partial charge is 0.487 e. The number of nitrogens with one attached hydrogen (secondary N) is 2. The fourth-order valence-corrected chi connectivity index (χ4v) is 4.73. The Morgan fingerprint density at radius 1 is 1.28 bits per heavy atom. The van der Waals surface area contributed by atoms with Crippen LogP contribution in [0.3, 0.4) is 0 Å². The van der Waals surface area contributed by atoms with Crippen LogP contribution in [0.15, 0.2) is 24.3 Å². The van der Waals surface area contributed by atoms with Crippen LogP contribution in [0.5, 0.6) is 5.75 Å². The van der Waals surface area contributed by atoms with E-state index in [9.17, 15) is 4.79 Å². The van der Waals surface area contributed by atoms with Crippen molar-refractivity contribution in [1.82, 2.24) is 10.6 Å². The number of fused-ring (bicyclic) bond motifs is 1. The van der Waals surface area contributed by atoms with Crippen LogP contribution in [0, 0.1) is 5.92 Å². The highest BCUT2D eigenvalue weighted by atomic mass is 35.5. The van der Waals surface area contributed by atoms with Gasteiger partial charge in [-0.25, -0.2) is 0 Å². The van der Waals surface area contributed by atoms with Crippen LogP contribution >= 0.6 is 12.4 Å². The number of rotatable bonds is 2. The Hall–Kier alpha value is -1.26. The van der Waals surface area contributed by atoms with Crippen molar-refractivity contribution in [2.45, 2.75) is 69.6 Å². The van der Waals surface area contributed by atoms with Crippen molar-refractivity contribution in [2.24, 2.45) is 5.92 Å². The SMILES string of the molecule is C[C@H]1C[C@@H](C(=O)NC2CC3(CCCC3)Oc3ccccc32)CCN1.Cl. The summed E-state index contributed by atoms with van der Waals surface area (Å²) >= 11 is 0. The molecule has 1 aliphatic carbocycles. The van der Waals surface area contributed by atoms with E-state index >= 15 is 0 Å². The Bertz CT molecular complexity index is 615. The Morgan fingerprint density at radius 2 is 2.04 bits per heavy atom. The predicted molar refractivity (Wildman–Crippen MR) is 101 cm³/mol. The van der Waals surface area contributed by atoms with E-state index in [1.165, 1.54) is 12.8 Å². The Kier molecular flexibility index (Phi) is 5.59. The smallest absolute Gasteiger partial charge is 0.223 e. The van der Waals surface area contributed by atoms with Gasteiger partial charge < -0.3 is 15.4 Å². The molecule has 138 valence electrons. The Labute approximate surface area is 156 Å². The van der Waals surface area contributed by atoms with Crippen molar-refractivity contribution < 1.29 is 9.53 Å². The number of piperidine rings is 1. The van der Waals surface area contributed by atoms with E-state index in [0.29, 0.717) is 6.04 Å². The quantitative estimate of drug-likeness (QED) is 0.840. The third-order valence-corrected chi connectivity index (χ3v) is 6.02. The molecule has 3 aliphatic rings. The molecule has 1 unspecified atom stereocenters. The van der Waals surface area contributed by atoms with E-state index in [1.54, 1.807) is 0 Å². The molecule has 0 aromatic heterocycles. The number of carbonyl (C=O) groups is 1. The molecule has 5 heteroatoms. The van der Waals surface area contributed by atoms with Gasteiger partial charge in [-0.15, -0.1) is 12.4 Å². The maximum Gasteiger partial charge on any atom is 0.223 e. The van der Waals surface area contributed by atoms with E-state index in [0.717, 1.165) is 50.0 Å². The number of amides is 1. The Morgan fingerprint density at radius 3 is 2.80 bits per heavy atom. The fourth-order valence-electron chi connectivity index (χ4n) is 4.73. The molecule has 2 fully saturated rings. The van der Waals surface area contributed by atoms with Gasteiger partial charge >= 0.3 is 0 Å². The third kappa shape index (κ3) is 3.80. The molecule has 2 aliphatic heterocycles. The monoisotopic (exact) mass is 364 g/mol. The lowest BCUT2D eigenvalue weighted by molar-refractivity contribution is -0.127. The number of carbonyl (C=O) groups excluding carboxylic acids is 1. The van der Waals surface area contributed by atoms with Crippen LogP contribution in [-0.4, -0.2) is 24.1 Å². The summed E-state index contributed by atoms with van der Waals surface area (Å²) in [5, 5.41) is 6.80. The molecule has 4 nitrogen and oxygen atoms in total. The van der Waals surface area contributed by atoms with E-state index in [4.69, 9.17) is 4.74 Å². The van der Waals surface area contributed by atoms with E-state index in [1.807, 2.05) is 12.1 Å². The number of hydrogen-bond donors (Lipinski definition) is 2. The minimum Gasteiger partial charge on any atom is -0.487 e. The van der Waals surface area contributed by atoms with Gasteiger partial charge in [-0.05, 0) is 58.1 Å². The number of benzene rings is 1. The molecule has 3 atom stereocenters. The molecular formula is C20H29ClN2O2. The maximum absolute atomic E-state index is 12.8. The normalized spacial score (nSPS) is 30.0. The number of para-hydroxylation sites is 1. The van der Waals surface area contributed by atoms with Gasteiger partial charge in [0.05, 0.1) is 6.04 Å². The van der Waals surface area contributed by atoms with Crippen LogP contribution in [0.1, 0.15) is 63.5 Å². The van der Waals surface area contributed by atoms with Crippen molar-refractivity contribution in [3.05, 3.63) is 29.8 Å². The van der Waals surface area contributed by atoms with Gasteiger partial charge in [-0.1, -0.05) is 18.2 Å². The van der Waals surface area contributed by atoms with E-state index in [2.05, 4.69) is 29.7 Å². The first-order valence-electron chi connectivity index (χ1n) is 9.47. The summed E-state index contributed by atoms with van der Waals surface area (Å²) in [5.74, 6) is 1.32. The highest BCUT2D eigenvalue weighted by Crippen LogP contribution is 2.47. The van der Waals surface area contributed by atoms with Crippen molar-refractivity contribution in [2.75, 3.05) is 6.54 Å². The molecule has 0 bridgehead atoms. The topological polar surface area (TPSA) is 50.4 Å². The van der Waals surface area contributed by atoms with Crippen LogP contribution in [-0.2, 0) is 4.79 Å². The fraction of sp³-hybridized carbons (Fsp3) is 0.650. The van der Waals surface area contributed by atoms with Gasteiger partial charge in [0.2, 0.25) is 5.91 Å². The van der Waals surface area contributed by atoms with Crippen molar-refractivity contribution >= 4 is 18.3 Å². The van der Waals surface area contributed by atoms with E-state index in [-0.39, 0.29) is 35.9 Å². The van der Waals surface area contributed by atoms with Crippen LogP contribution in [0.4, 0.5) is 0 Å². The predicted octanol–water partition coefficient (Wildman–Crippen LogP) is 3.75. The molecule has 1 aromatic rings. The second kappa shape index (κ2) is 7.55. The van der Waals surface area contributed by atoms with Gasteiger partial charge in [-0.3, -0.25) is 4.79 Å². The number of hydrogen-bond acceptors (Lipinski definition) is 3. The highest BCUT2D eigenvalue weighted by Gasteiger charge is 2.43. The van der Waals surface area contributed by atoms with Gasteiger partial charge in [0.15, 0.2) is 0 Å². The molecule has 1 aromatic carbocycles. The average molecular weight is 365 g/mol. The molecule has 1 amide bonds. The molecular weight excluding hydrogens is 336 g/mol. The summed E-state index contributed by atoms with van der Waals surface area (Å²) in [7, 11) is 0. The molecule has 2 heterocycles. The summed E-state index contributed by atoms with van der Waals surface area (Å²) in [6, 6.07) is 8.75. The average Bonchev–Trinajstić information content (AvgIpc) is 3.02. The second-order valence-electron chi connectivity index (χ2n) is 7.87. The van der Waals surface area contributed by atoms with Crippen LogP contribution in [0.25, 0.3) is 0 Å². The lowest BCUT2D eigenvalue weighted by atomic mass is 9.85. The zero-order valence-electron chi connectivity index (χ0n) is 14.9. The highest BCUT2D eigenvalue weighted by molar-refractivity contribution is 5.85. The molecule has 1 saturated heterocycles. The van der Waals surface area contributed by atoms with Crippen molar-refractivity contribution in [3.63, 3.8) is 0 Å². The molecule has 2 N–H and O–H groups in total. The summed E-state index contributed by atoms with van der Waals surface area (Å²) in [6.07, 6.45) is 7.46. The lowest BCUT2D eigenvalue weighted by Gasteiger charge is -2.41. The summed E-state index contributed by atoms with van der Waals surface area (Å²) in [4.78, 5) is 12.8. The maximum atomic E-state index is 12.8. The molecule has 1 spiro atoms. The molecule has 0 radical (unpaired) electrons. The van der Waals surface area contributed by atoms with Gasteiger partial charge in [0.25, 0.3) is 0 Å². The first kappa shape index (κ1) is 18.5. The van der Waals surface area contributed by atoms with Gasteiger partial charge in [0.1, 0.15) is 11.4 Å². The van der Waals surface area contributed by atoms with Crippen molar-refractivity contribution in [1.29, 1.82) is 0 Å².